The lowest BCUT2D eigenvalue weighted by Gasteiger charge is -2.09. The molecular formula is C16H13ClO3. The molecule has 0 N–H and O–H groups in total. The van der Waals surface area contributed by atoms with E-state index in [1.807, 2.05) is 13.0 Å². The Labute approximate surface area is 120 Å². The molecule has 0 spiro atoms. The Kier molecular flexibility index (Phi) is 3.36. The zero-order valence-electron chi connectivity index (χ0n) is 11.0. The monoisotopic (exact) mass is 288 g/mol. The van der Waals surface area contributed by atoms with E-state index in [4.69, 9.17) is 20.8 Å². The highest BCUT2D eigenvalue weighted by atomic mass is 35.5. The molecule has 0 saturated carbocycles. The first-order valence-electron chi connectivity index (χ1n) is 6.49. The minimum Gasteiger partial charge on any atom is -0.490 e. The van der Waals surface area contributed by atoms with Crippen LogP contribution in [-0.2, 0) is 0 Å². The second kappa shape index (κ2) is 5.17. The number of benzene rings is 2. The van der Waals surface area contributed by atoms with Crippen LogP contribution in [0.25, 0.3) is 21.9 Å². The van der Waals surface area contributed by atoms with Gasteiger partial charge in [0.2, 0.25) is 5.43 Å². The number of ether oxygens (including phenoxy) is 1. The molecule has 102 valence electrons. The highest BCUT2D eigenvalue weighted by Gasteiger charge is 2.14. The van der Waals surface area contributed by atoms with E-state index in [9.17, 15) is 4.79 Å². The first-order chi connectivity index (χ1) is 9.72. The highest BCUT2D eigenvalue weighted by Crippen LogP contribution is 2.31. The van der Waals surface area contributed by atoms with Crippen molar-refractivity contribution in [2.75, 3.05) is 6.61 Å². The van der Waals surface area contributed by atoms with Crippen LogP contribution in [0, 0.1) is 0 Å². The van der Waals surface area contributed by atoms with Crippen LogP contribution in [-0.4, -0.2) is 6.61 Å². The van der Waals surface area contributed by atoms with E-state index < -0.39 is 0 Å². The van der Waals surface area contributed by atoms with Crippen molar-refractivity contribution < 1.29 is 9.15 Å². The molecule has 0 radical (unpaired) electrons. The third-order valence-electron chi connectivity index (χ3n) is 3.10. The van der Waals surface area contributed by atoms with Gasteiger partial charge in [0.15, 0.2) is 11.3 Å². The van der Waals surface area contributed by atoms with Gasteiger partial charge in [-0.05, 0) is 30.7 Å². The SMILES string of the molecule is CCCOc1ccc(Cl)c2c(=O)c3ccccc3oc12. The fourth-order valence-electron chi connectivity index (χ4n) is 2.17. The average molecular weight is 289 g/mol. The summed E-state index contributed by atoms with van der Waals surface area (Å²) in [5, 5.41) is 1.27. The van der Waals surface area contributed by atoms with Crippen molar-refractivity contribution in [1.82, 2.24) is 0 Å². The van der Waals surface area contributed by atoms with Crippen LogP contribution in [0.3, 0.4) is 0 Å². The lowest BCUT2D eigenvalue weighted by Crippen LogP contribution is -2.04. The van der Waals surface area contributed by atoms with E-state index in [0.29, 0.717) is 39.3 Å². The van der Waals surface area contributed by atoms with Gasteiger partial charge in [-0.1, -0.05) is 30.7 Å². The smallest absolute Gasteiger partial charge is 0.202 e. The Morgan fingerprint density at radius 3 is 2.80 bits per heavy atom. The second-order valence-electron chi connectivity index (χ2n) is 4.53. The van der Waals surface area contributed by atoms with E-state index in [1.54, 1.807) is 30.3 Å². The molecular weight excluding hydrogens is 276 g/mol. The summed E-state index contributed by atoms with van der Waals surface area (Å²) in [4.78, 5) is 12.5. The largest absolute Gasteiger partial charge is 0.490 e. The van der Waals surface area contributed by atoms with Crippen molar-refractivity contribution >= 4 is 33.5 Å². The molecule has 0 unspecified atom stereocenters. The third-order valence-corrected chi connectivity index (χ3v) is 3.42. The number of para-hydroxylation sites is 1. The molecule has 0 atom stereocenters. The molecule has 0 bridgehead atoms. The molecule has 3 nitrogen and oxygen atoms in total. The molecule has 4 heteroatoms. The van der Waals surface area contributed by atoms with Crippen molar-refractivity contribution in [3.05, 3.63) is 51.6 Å². The lowest BCUT2D eigenvalue weighted by atomic mass is 10.1. The van der Waals surface area contributed by atoms with Gasteiger partial charge >= 0.3 is 0 Å². The zero-order chi connectivity index (χ0) is 14.1. The molecule has 0 aliphatic heterocycles. The summed E-state index contributed by atoms with van der Waals surface area (Å²) in [7, 11) is 0. The Morgan fingerprint density at radius 2 is 2.00 bits per heavy atom. The van der Waals surface area contributed by atoms with Crippen LogP contribution in [0.5, 0.6) is 5.75 Å². The van der Waals surface area contributed by atoms with E-state index >= 15 is 0 Å². The number of rotatable bonds is 3. The maximum Gasteiger partial charge on any atom is 0.202 e. The van der Waals surface area contributed by atoms with Gasteiger partial charge in [-0.2, -0.15) is 0 Å². The normalized spacial score (nSPS) is 11.1. The predicted molar refractivity (Wildman–Crippen MR) is 80.8 cm³/mol. The minimum atomic E-state index is -0.131. The predicted octanol–water partition coefficient (Wildman–Crippen LogP) is 4.39. The van der Waals surface area contributed by atoms with E-state index in [1.165, 1.54) is 0 Å². The molecule has 0 aliphatic carbocycles. The Morgan fingerprint density at radius 1 is 1.20 bits per heavy atom. The Hall–Kier alpha value is -2.00. The van der Waals surface area contributed by atoms with Crippen molar-refractivity contribution in [3.63, 3.8) is 0 Å². The first-order valence-corrected chi connectivity index (χ1v) is 6.87. The summed E-state index contributed by atoms with van der Waals surface area (Å²) >= 11 is 6.15. The van der Waals surface area contributed by atoms with Crippen LogP contribution in [0.15, 0.2) is 45.6 Å². The summed E-state index contributed by atoms with van der Waals surface area (Å²) in [6.45, 7) is 2.58. The van der Waals surface area contributed by atoms with Crippen LogP contribution in [0.1, 0.15) is 13.3 Å². The van der Waals surface area contributed by atoms with Gasteiger partial charge in [0.25, 0.3) is 0 Å². The Bertz CT molecular complexity index is 836. The molecule has 0 amide bonds. The zero-order valence-corrected chi connectivity index (χ0v) is 11.7. The topological polar surface area (TPSA) is 39.4 Å². The van der Waals surface area contributed by atoms with Crippen LogP contribution in [0.2, 0.25) is 5.02 Å². The second-order valence-corrected chi connectivity index (χ2v) is 4.93. The van der Waals surface area contributed by atoms with Crippen LogP contribution < -0.4 is 10.2 Å². The summed E-state index contributed by atoms with van der Waals surface area (Å²) in [6.07, 6.45) is 0.877. The van der Waals surface area contributed by atoms with Crippen molar-refractivity contribution in [1.29, 1.82) is 0 Å². The average Bonchev–Trinajstić information content (AvgIpc) is 2.47. The van der Waals surface area contributed by atoms with Gasteiger partial charge in [0.1, 0.15) is 5.58 Å². The molecule has 1 heterocycles. The molecule has 20 heavy (non-hydrogen) atoms. The van der Waals surface area contributed by atoms with Gasteiger partial charge in [-0.15, -0.1) is 0 Å². The summed E-state index contributed by atoms with van der Waals surface area (Å²) < 4.78 is 11.5. The van der Waals surface area contributed by atoms with Crippen LogP contribution in [0.4, 0.5) is 0 Å². The van der Waals surface area contributed by atoms with Gasteiger partial charge in [-0.3, -0.25) is 4.79 Å². The quantitative estimate of drug-likeness (QED) is 0.671. The molecule has 0 aliphatic rings. The van der Waals surface area contributed by atoms with Crippen molar-refractivity contribution in [3.8, 4) is 5.75 Å². The van der Waals surface area contributed by atoms with E-state index in [2.05, 4.69) is 0 Å². The molecule has 1 aromatic heterocycles. The fraction of sp³-hybridized carbons (Fsp3) is 0.188. The minimum absolute atomic E-state index is 0.131. The van der Waals surface area contributed by atoms with Crippen molar-refractivity contribution in [2.24, 2.45) is 0 Å². The first kappa shape index (κ1) is 13.0. The fourth-order valence-corrected chi connectivity index (χ4v) is 2.40. The van der Waals surface area contributed by atoms with E-state index in [0.717, 1.165) is 6.42 Å². The summed E-state index contributed by atoms with van der Waals surface area (Å²) in [5.74, 6) is 0.550. The van der Waals surface area contributed by atoms with Gasteiger partial charge in [0.05, 0.1) is 22.4 Å². The third kappa shape index (κ3) is 2.04. The molecule has 0 saturated heterocycles. The highest BCUT2D eigenvalue weighted by molar-refractivity contribution is 6.35. The lowest BCUT2D eigenvalue weighted by molar-refractivity contribution is 0.316. The maximum absolute atomic E-state index is 12.5. The van der Waals surface area contributed by atoms with Gasteiger partial charge in [0, 0.05) is 0 Å². The molecule has 3 aromatic rings. The van der Waals surface area contributed by atoms with Crippen molar-refractivity contribution in [2.45, 2.75) is 13.3 Å². The summed E-state index contributed by atoms with van der Waals surface area (Å²) in [5.41, 5.74) is 0.817. The van der Waals surface area contributed by atoms with Gasteiger partial charge < -0.3 is 9.15 Å². The number of halogens is 1. The van der Waals surface area contributed by atoms with E-state index in [-0.39, 0.29) is 5.43 Å². The summed E-state index contributed by atoms with van der Waals surface area (Å²) in [6, 6.07) is 10.5. The standard InChI is InChI=1S/C16H13ClO3/c1-2-9-19-13-8-7-11(17)14-15(18)10-5-3-4-6-12(10)20-16(13)14/h3-8H,2,9H2,1H3. The van der Waals surface area contributed by atoms with Crippen LogP contribution >= 0.6 is 11.6 Å². The Balaban J connectivity index is 2.40. The van der Waals surface area contributed by atoms with Gasteiger partial charge in [-0.25, -0.2) is 0 Å². The molecule has 2 aromatic carbocycles. The number of hydrogen-bond acceptors (Lipinski definition) is 3. The molecule has 3 rings (SSSR count). The maximum atomic E-state index is 12.5. The number of fused-ring (bicyclic) bond motifs is 2. The number of hydrogen-bond donors (Lipinski definition) is 0. The molecule has 0 fully saturated rings.